The van der Waals surface area contributed by atoms with Crippen LogP contribution in [0.25, 0.3) is 0 Å². The standard InChI is InChI=1S/C11H16N2O/c14-8-5-10-4-7-13(9-10)11-3-1-2-6-12-11/h1-3,6,10,14H,4-5,7-9H2. The maximum absolute atomic E-state index is 8.85. The fourth-order valence-electron chi connectivity index (χ4n) is 2.00. The van der Waals surface area contributed by atoms with Gasteiger partial charge in [-0.25, -0.2) is 4.98 Å². The lowest BCUT2D eigenvalue weighted by Gasteiger charge is -2.16. The Labute approximate surface area is 84.4 Å². The summed E-state index contributed by atoms with van der Waals surface area (Å²) in [6.07, 6.45) is 3.93. The fraction of sp³-hybridized carbons (Fsp3) is 0.545. The van der Waals surface area contributed by atoms with Crippen molar-refractivity contribution in [2.24, 2.45) is 5.92 Å². The van der Waals surface area contributed by atoms with Gasteiger partial charge in [0.25, 0.3) is 0 Å². The molecule has 0 aromatic carbocycles. The highest BCUT2D eigenvalue weighted by Gasteiger charge is 2.22. The molecule has 3 heteroatoms. The maximum Gasteiger partial charge on any atom is 0.128 e. The zero-order chi connectivity index (χ0) is 9.80. The van der Waals surface area contributed by atoms with Gasteiger partial charge >= 0.3 is 0 Å². The molecule has 76 valence electrons. The van der Waals surface area contributed by atoms with Crippen LogP contribution in [0.3, 0.4) is 0 Å². The van der Waals surface area contributed by atoms with Crippen LogP contribution in [0.5, 0.6) is 0 Å². The molecule has 1 aromatic heterocycles. The van der Waals surface area contributed by atoms with Crippen LogP contribution in [0.15, 0.2) is 24.4 Å². The Morgan fingerprint density at radius 3 is 3.14 bits per heavy atom. The lowest BCUT2D eigenvalue weighted by molar-refractivity contribution is 0.263. The van der Waals surface area contributed by atoms with Gasteiger partial charge in [-0.1, -0.05) is 6.07 Å². The van der Waals surface area contributed by atoms with E-state index in [9.17, 15) is 0 Å². The van der Waals surface area contributed by atoms with E-state index in [1.165, 1.54) is 6.42 Å². The molecule has 1 atom stereocenters. The van der Waals surface area contributed by atoms with E-state index >= 15 is 0 Å². The molecule has 0 saturated carbocycles. The Morgan fingerprint density at radius 2 is 2.43 bits per heavy atom. The van der Waals surface area contributed by atoms with Crippen molar-refractivity contribution < 1.29 is 5.11 Å². The number of rotatable bonds is 3. The molecule has 0 bridgehead atoms. The SMILES string of the molecule is OCCC1CCN(c2ccccn2)C1. The average Bonchev–Trinajstić information content (AvgIpc) is 2.68. The third-order valence-corrected chi connectivity index (χ3v) is 2.80. The van der Waals surface area contributed by atoms with Gasteiger partial charge < -0.3 is 10.0 Å². The number of aromatic nitrogens is 1. The smallest absolute Gasteiger partial charge is 0.128 e. The van der Waals surface area contributed by atoms with Crippen molar-refractivity contribution in [3.05, 3.63) is 24.4 Å². The number of aliphatic hydroxyl groups excluding tert-OH is 1. The van der Waals surface area contributed by atoms with E-state index in [0.29, 0.717) is 12.5 Å². The molecule has 1 unspecified atom stereocenters. The van der Waals surface area contributed by atoms with Gasteiger partial charge in [-0.3, -0.25) is 0 Å². The van der Waals surface area contributed by atoms with Crippen LogP contribution in [-0.2, 0) is 0 Å². The summed E-state index contributed by atoms with van der Waals surface area (Å²) in [6.45, 7) is 2.42. The molecule has 2 rings (SSSR count). The molecule has 1 aliphatic heterocycles. The first-order valence-electron chi connectivity index (χ1n) is 5.17. The van der Waals surface area contributed by atoms with Crippen LogP contribution >= 0.6 is 0 Å². The second-order valence-corrected chi connectivity index (χ2v) is 3.80. The number of hydrogen-bond acceptors (Lipinski definition) is 3. The summed E-state index contributed by atoms with van der Waals surface area (Å²) in [4.78, 5) is 6.61. The minimum atomic E-state index is 0.306. The molecule has 1 N–H and O–H groups in total. The van der Waals surface area contributed by atoms with Gasteiger partial charge in [0.15, 0.2) is 0 Å². The zero-order valence-electron chi connectivity index (χ0n) is 8.26. The van der Waals surface area contributed by atoms with Crippen molar-refractivity contribution >= 4 is 5.82 Å². The van der Waals surface area contributed by atoms with Crippen molar-refractivity contribution in [3.8, 4) is 0 Å². The Hall–Kier alpha value is -1.09. The van der Waals surface area contributed by atoms with E-state index in [4.69, 9.17) is 5.11 Å². The summed E-state index contributed by atoms with van der Waals surface area (Å²) in [7, 11) is 0. The summed E-state index contributed by atoms with van der Waals surface area (Å²) in [5.74, 6) is 1.70. The average molecular weight is 192 g/mol. The van der Waals surface area contributed by atoms with E-state index in [1.54, 1.807) is 0 Å². The first kappa shape index (κ1) is 9.46. The topological polar surface area (TPSA) is 36.4 Å². The fourth-order valence-corrected chi connectivity index (χ4v) is 2.00. The molecule has 14 heavy (non-hydrogen) atoms. The highest BCUT2D eigenvalue weighted by molar-refractivity contribution is 5.38. The molecule has 0 spiro atoms. The number of hydrogen-bond donors (Lipinski definition) is 1. The van der Waals surface area contributed by atoms with Gasteiger partial charge in [0.2, 0.25) is 0 Å². The maximum atomic E-state index is 8.85. The third kappa shape index (κ3) is 2.04. The van der Waals surface area contributed by atoms with Crippen LogP contribution in [0.2, 0.25) is 0 Å². The molecule has 0 amide bonds. The Balaban J connectivity index is 1.96. The Kier molecular flexibility index (Phi) is 2.99. The van der Waals surface area contributed by atoms with E-state index in [2.05, 4.69) is 9.88 Å². The summed E-state index contributed by atoms with van der Waals surface area (Å²) < 4.78 is 0. The van der Waals surface area contributed by atoms with Crippen molar-refractivity contribution in [2.45, 2.75) is 12.8 Å². The van der Waals surface area contributed by atoms with E-state index in [-0.39, 0.29) is 0 Å². The Morgan fingerprint density at radius 1 is 1.50 bits per heavy atom. The second kappa shape index (κ2) is 4.42. The van der Waals surface area contributed by atoms with Crippen LogP contribution in [0.1, 0.15) is 12.8 Å². The second-order valence-electron chi connectivity index (χ2n) is 3.80. The third-order valence-electron chi connectivity index (χ3n) is 2.80. The van der Waals surface area contributed by atoms with Crippen LogP contribution in [-0.4, -0.2) is 29.8 Å². The highest BCUT2D eigenvalue weighted by atomic mass is 16.3. The number of pyridine rings is 1. The van der Waals surface area contributed by atoms with Gasteiger partial charge in [-0.2, -0.15) is 0 Å². The highest BCUT2D eigenvalue weighted by Crippen LogP contribution is 2.23. The minimum Gasteiger partial charge on any atom is -0.396 e. The zero-order valence-corrected chi connectivity index (χ0v) is 8.26. The predicted molar refractivity (Wildman–Crippen MR) is 56.3 cm³/mol. The van der Waals surface area contributed by atoms with E-state index < -0.39 is 0 Å². The molecular weight excluding hydrogens is 176 g/mol. The molecular formula is C11H16N2O. The summed E-state index contributed by atoms with van der Waals surface area (Å²) in [5.41, 5.74) is 0. The normalized spacial score (nSPS) is 21.5. The molecule has 1 aromatic rings. The molecule has 1 fully saturated rings. The van der Waals surface area contributed by atoms with Gasteiger partial charge in [0, 0.05) is 25.9 Å². The van der Waals surface area contributed by atoms with Gasteiger partial charge in [0.05, 0.1) is 0 Å². The van der Waals surface area contributed by atoms with Crippen molar-refractivity contribution in [1.82, 2.24) is 4.98 Å². The van der Waals surface area contributed by atoms with Gasteiger partial charge in [-0.05, 0) is 30.9 Å². The lowest BCUT2D eigenvalue weighted by Crippen LogP contribution is -2.20. The molecule has 0 radical (unpaired) electrons. The van der Waals surface area contributed by atoms with Crippen molar-refractivity contribution in [2.75, 3.05) is 24.6 Å². The van der Waals surface area contributed by atoms with Gasteiger partial charge in [-0.15, -0.1) is 0 Å². The number of nitrogens with zero attached hydrogens (tertiary/aromatic N) is 2. The van der Waals surface area contributed by atoms with Crippen LogP contribution < -0.4 is 4.90 Å². The van der Waals surface area contributed by atoms with Crippen LogP contribution in [0, 0.1) is 5.92 Å². The first-order valence-corrected chi connectivity index (χ1v) is 5.17. The minimum absolute atomic E-state index is 0.306. The molecule has 2 heterocycles. The Bertz CT molecular complexity index is 276. The van der Waals surface area contributed by atoms with Crippen molar-refractivity contribution in [1.29, 1.82) is 0 Å². The number of anilines is 1. The lowest BCUT2D eigenvalue weighted by atomic mass is 10.1. The number of aliphatic hydroxyl groups is 1. The first-order chi connectivity index (χ1) is 6.90. The predicted octanol–water partition coefficient (Wildman–Crippen LogP) is 1.29. The van der Waals surface area contributed by atoms with Crippen molar-refractivity contribution in [3.63, 3.8) is 0 Å². The molecule has 1 saturated heterocycles. The largest absolute Gasteiger partial charge is 0.396 e. The molecule has 1 aliphatic rings. The summed E-state index contributed by atoms with van der Waals surface area (Å²) in [5, 5.41) is 8.85. The van der Waals surface area contributed by atoms with Crippen LogP contribution in [0.4, 0.5) is 5.82 Å². The summed E-state index contributed by atoms with van der Waals surface area (Å²) in [6, 6.07) is 5.99. The van der Waals surface area contributed by atoms with Gasteiger partial charge in [0.1, 0.15) is 5.82 Å². The quantitative estimate of drug-likeness (QED) is 0.784. The van der Waals surface area contributed by atoms with E-state index in [0.717, 1.165) is 25.3 Å². The molecule has 3 nitrogen and oxygen atoms in total. The monoisotopic (exact) mass is 192 g/mol. The summed E-state index contributed by atoms with van der Waals surface area (Å²) >= 11 is 0. The van der Waals surface area contributed by atoms with E-state index in [1.807, 2.05) is 24.4 Å². The molecule has 0 aliphatic carbocycles.